The summed E-state index contributed by atoms with van der Waals surface area (Å²) < 4.78 is 5.39. The molecule has 0 aromatic carbocycles. The van der Waals surface area contributed by atoms with E-state index >= 15 is 0 Å². The van der Waals surface area contributed by atoms with Crippen molar-refractivity contribution < 1.29 is 9.53 Å². The topological polar surface area (TPSA) is 64.3 Å². The number of nitrogens with two attached hydrogens (primary N) is 1. The van der Waals surface area contributed by atoms with Gasteiger partial charge in [0.05, 0.1) is 0 Å². The molecule has 102 valence electrons. The minimum atomic E-state index is 0. The number of rotatable bonds is 8. The molecule has 0 aliphatic heterocycles. The molecule has 0 radical (unpaired) electrons. The van der Waals surface area contributed by atoms with Gasteiger partial charge >= 0.3 is 0 Å². The zero-order valence-corrected chi connectivity index (χ0v) is 11.5. The summed E-state index contributed by atoms with van der Waals surface area (Å²) in [5.41, 5.74) is 5.64. The molecule has 1 amide bonds. The molecule has 1 rings (SSSR count). The highest BCUT2D eigenvalue weighted by molar-refractivity contribution is 5.85. The van der Waals surface area contributed by atoms with Gasteiger partial charge in [-0.3, -0.25) is 4.79 Å². The number of hydrogen-bond acceptors (Lipinski definition) is 3. The van der Waals surface area contributed by atoms with Crippen LogP contribution in [0.25, 0.3) is 0 Å². The summed E-state index contributed by atoms with van der Waals surface area (Å²) in [6.45, 7) is 4.81. The second-order valence-corrected chi connectivity index (χ2v) is 4.62. The van der Waals surface area contributed by atoms with Gasteiger partial charge in [-0.2, -0.15) is 0 Å². The molecule has 1 aliphatic rings. The second-order valence-electron chi connectivity index (χ2n) is 4.62. The van der Waals surface area contributed by atoms with Crippen LogP contribution in [0.15, 0.2) is 0 Å². The smallest absolute Gasteiger partial charge is 0.221 e. The van der Waals surface area contributed by atoms with Gasteiger partial charge in [-0.15, -0.1) is 12.4 Å². The van der Waals surface area contributed by atoms with Gasteiger partial charge in [-0.05, 0) is 31.6 Å². The first kappa shape index (κ1) is 16.7. The summed E-state index contributed by atoms with van der Waals surface area (Å²) in [6, 6.07) is 0. The highest BCUT2D eigenvalue weighted by Crippen LogP contribution is 2.43. The van der Waals surface area contributed by atoms with Crippen molar-refractivity contribution in [2.45, 2.75) is 39.0 Å². The molecular weight excluding hydrogens is 240 g/mol. The fourth-order valence-electron chi connectivity index (χ4n) is 2.13. The van der Waals surface area contributed by atoms with E-state index in [4.69, 9.17) is 10.5 Å². The first-order valence-corrected chi connectivity index (χ1v) is 6.27. The predicted octanol–water partition coefficient (Wildman–Crippen LogP) is 1.47. The van der Waals surface area contributed by atoms with Gasteiger partial charge in [-0.25, -0.2) is 0 Å². The van der Waals surface area contributed by atoms with E-state index in [-0.39, 0.29) is 18.3 Å². The Morgan fingerprint density at radius 2 is 2.18 bits per heavy atom. The lowest BCUT2D eigenvalue weighted by molar-refractivity contribution is -0.121. The van der Waals surface area contributed by atoms with Crippen LogP contribution in [0.4, 0.5) is 0 Å². The van der Waals surface area contributed by atoms with Crippen molar-refractivity contribution >= 4 is 18.3 Å². The van der Waals surface area contributed by atoms with Gasteiger partial charge in [0.25, 0.3) is 0 Å². The van der Waals surface area contributed by atoms with Crippen LogP contribution < -0.4 is 11.1 Å². The first-order chi connectivity index (χ1) is 7.72. The van der Waals surface area contributed by atoms with Crippen LogP contribution >= 0.6 is 12.4 Å². The van der Waals surface area contributed by atoms with Crippen molar-refractivity contribution in [2.75, 3.05) is 26.3 Å². The van der Waals surface area contributed by atoms with E-state index in [1.165, 1.54) is 19.3 Å². The SMILES string of the molecule is CCOCCC1(CNC(=O)CCN)CCC1.Cl. The van der Waals surface area contributed by atoms with Gasteiger partial charge in [0.1, 0.15) is 0 Å². The molecule has 0 unspecified atom stereocenters. The number of ether oxygens (including phenoxy) is 1. The van der Waals surface area contributed by atoms with Crippen LogP contribution in [0.1, 0.15) is 39.0 Å². The predicted molar refractivity (Wildman–Crippen MR) is 71.3 cm³/mol. The van der Waals surface area contributed by atoms with E-state index < -0.39 is 0 Å². The molecule has 1 fully saturated rings. The average Bonchev–Trinajstić information content (AvgIpc) is 2.21. The van der Waals surface area contributed by atoms with Crippen molar-refractivity contribution in [2.24, 2.45) is 11.1 Å². The number of carbonyl (C=O) groups excluding carboxylic acids is 1. The van der Waals surface area contributed by atoms with Crippen LogP contribution in [0.2, 0.25) is 0 Å². The van der Waals surface area contributed by atoms with Crippen molar-refractivity contribution in [1.82, 2.24) is 5.32 Å². The van der Waals surface area contributed by atoms with Crippen molar-refractivity contribution in [3.63, 3.8) is 0 Å². The van der Waals surface area contributed by atoms with E-state index in [0.717, 1.165) is 26.2 Å². The lowest BCUT2D eigenvalue weighted by atomic mass is 9.67. The molecule has 0 aromatic rings. The molecule has 0 heterocycles. The molecule has 0 aromatic heterocycles. The normalized spacial score (nSPS) is 16.8. The third kappa shape index (κ3) is 5.70. The Kier molecular flexibility index (Phi) is 8.56. The number of amides is 1. The van der Waals surface area contributed by atoms with Crippen LogP contribution in [0.5, 0.6) is 0 Å². The Balaban J connectivity index is 0.00000256. The van der Waals surface area contributed by atoms with Crippen LogP contribution in [-0.4, -0.2) is 32.2 Å². The summed E-state index contributed by atoms with van der Waals surface area (Å²) in [6.07, 6.45) is 5.19. The fourth-order valence-corrected chi connectivity index (χ4v) is 2.13. The van der Waals surface area contributed by atoms with E-state index in [1.54, 1.807) is 0 Å². The van der Waals surface area contributed by atoms with E-state index in [2.05, 4.69) is 5.32 Å². The second kappa shape index (κ2) is 8.72. The maximum absolute atomic E-state index is 11.3. The Hall–Kier alpha value is -0.320. The van der Waals surface area contributed by atoms with E-state index in [1.807, 2.05) is 6.92 Å². The molecule has 4 nitrogen and oxygen atoms in total. The summed E-state index contributed by atoms with van der Waals surface area (Å²) >= 11 is 0. The highest BCUT2D eigenvalue weighted by atomic mass is 35.5. The van der Waals surface area contributed by atoms with E-state index in [0.29, 0.717) is 18.4 Å². The van der Waals surface area contributed by atoms with Crippen molar-refractivity contribution in [3.05, 3.63) is 0 Å². The lowest BCUT2D eigenvalue weighted by Crippen LogP contribution is -2.43. The lowest BCUT2D eigenvalue weighted by Gasteiger charge is -2.42. The Labute approximate surface area is 110 Å². The molecule has 17 heavy (non-hydrogen) atoms. The summed E-state index contributed by atoms with van der Waals surface area (Å²) in [4.78, 5) is 11.3. The zero-order valence-electron chi connectivity index (χ0n) is 10.7. The fraction of sp³-hybridized carbons (Fsp3) is 0.917. The average molecular weight is 265 g/mol. The number of nitrogens with one attached hydrogen (secondary N) is 1. The molecular formula is C12H25ClN2O2. The Morgan fingerprint density at radius 1 is 1.47 bits per heavy atom. The van der Waals surface area contributed by atoms with Gasteiger partial charge in [0.15, 0.2) is 0 Å². The highest BCUT2D eigenvalue weighted by Gasteiger charge is 2.36. The monoisotopic (exact) mass is 264 g/mol. The number of halogens is 1. The maximum atomic E-state index is 11.3. The molecule has 1 aliphatic carbocycles. The van der Waals surface area contributed by atoms with E-state index in [9.17, 15) is 4.79 Å². The molecule has 3 N–H and O–H groups in total. The van der Waals surface area contributed by atoms with Gasteiger partial charge in [0.2, 0.25) is 5.91 Å². The van der Waals surface area contributed by atoms with Crippen molar-refractivity contribution in [3.8, 4) is 0 Å². The van der Waals surface area contributed by atoms with Gasteiger partial charge in [-0.1, -0.05) is 6.42 Å². The third-order valence-electron chi connectivity index (χ3n) is 3.43. The molecule has 0 bridgehead atoms. The number of hydrogen-bond donors (Lipinski definition) is 2. The standard InChI is InChI=1S/C12H24N2O2.ClH/c1-2-16-9-7-12(5-3-6-12)10-14-11(15)4-8-13;/h2-10,13H2,1H3,(H,14,15);1H. The van der Waals surface area contributed by atoms with Gasteiger partial charge < -0.3 is 15.8 Å². The largest absolute Gasteiger partial charge is 0.382 e. The molecule has 0 atom stereocenters. The quantitative estimate of drug-likeness (QED) is 0.653. The van der Waals surface area contributed by atoms with Crippen LogP contribution in [0.3, 0.4) is 0 Å². The molecule has 1 saturated carbocycles. The van der Waals surface area contributed by atoms with Gasteiger partial charge in [0, 0.05) is 32.7 Å². The number of carbonyl (C=O) groups is 1. The minimum absolute atomic E-state index is 0. The maximum Gasteiger partial charge on any atom is 0.221 e. The van der Waals surface area contributed by atoms with Crippen molar-refractivity contribution in [1.29, 1.82) is 0 Å². The molecule has 0 spiro atoms. The third-order valence-corrected chi connectivity index (χ3v) is 3.43. The van der Waals surface area contributed by atoms with Crippen LogP contribution in [-0.2, 0) is 9.53 Å². The summed E-state index contributed by atoms with van der Waals surface area (Å²) in [5, 5.41) is 2.98. The minimum Gasteiger partial charge on any atom is -0.382 e. The Morgan fingerprint density at radius 3 is 2.65 bits per heavy atom. The van der Waals surface area contributed by atoms with Crippen LogP contribution in [0, 0.1) is 5.41 Å². The Bertz CT molecular complexity index is 221. The zero-order chi connectivity index (χ0) is 11.9. The molecule has 5 heteroatoms. The summed E-state index contributed by atoms with van der Waals surface area (Å²) in [5.74, 6) is 0.0742. The first-order valence-electron chi connectivity index (χ1n) is 6.27. The summed E-state index contributed by atoms with van der Waals surface area (Å²) in [7, 11) is 0. The molecule has 0 saturated heterocycles.